The van der Waals surface area contributed by atoms with E-state index >= 15 is 0 Å². The highest BCUT2D eigenvalue weighted by Crippen LogP contribution is 2.21. The maximum atomic E-state index is 12.1. The van der Waals surface area contributed by atoms with Crippen LogP contribution in [0.25, 0.3) is 11.0 Å². The lowest BCUT2D eigenvalue weighted by Crippen LogP contribution is -2.26. The van der Waals surface area contributed by atoms with Gasteiger partial charge in [-0.15, -0.1) is 0 Å². The molecule has 0 saturated carbocycles. The van der Waals surface area contributed by atoms with Crippen LogP contribution in [0.15, 0.2) is 72.8 Å². The number of carbonyl (C=O) groups is 1. The molecule has 0 aliphatic carbocycles. The van der Waals surface area contributed by atoms with Gasteiger partial charge in [0.2, 0.25) is 5.91 Å². The first-order chi connectivity index (χ1) is 17.1. The Morgan fingerprint density at radius 1 is 0.943 bits per heavy atom. The highest BCUT2D eigenvalue weighted by molar-refractivity contribution is 5.78. The van der Waals surface area contributed by atoms with E-state index in [1.165, 1.54) is 5.56 Å². The lowest BCUT2D eigenvalue weighted by atomic mass is 10.1. The Bertz CT molecular complexity index is 1250. The normalized spacial score (nSPS) is 11.0. The van der Waals surface area contributed by atoms with Crippen LogP contribution in [0.5, 0.6) is 5.75 Å². The fourth-order valence-electron chi connectivity index (χ4n) is 4.33. The van der Waals surface area contributed by atoms with Crippen LogP contribution < -0.4 is 10.1 Å². The van der Waals surface area contributed by atoms with Gasteiger partial charge in [-0.3, -0.25) is 4.79 Å². The third-order valence-electron chi connectivity index (χ3n) is 6.26. The molecule has 35 heavy (non-hydrogen) atoms. The summed E-state index contributed by atoms with van der Waals surface area (Å²) < 4.78 is 8.42. The number of amides is 1. The van der Waals surface area contributed by atoms with Crippen molar-refractivity contribution in [1.29, 1.82) is 0 Å². The van der Waals surface area contributed by atoms with E-state index < -0.39 is 0 Å². The summed E-state index contributed by atoms with van der Waals surface area (Å²) in [6.07, 6.45) is 4.41. The second kappa shape index (κ2) is 12.2. The predicted molar refractivity (Wildman–Crippen MR) is 142 cm³/mol. The largest absolute Gasteiger partial charge is 0.491 e. The molecule has 1 amide bonds. The number of nitrogens with one attached hydrogen (secondary N) is 1. The van der Waals surface area contributed by atoms with Crippen LogP contribution in [0.1, 0.15) is 41.8 Å². The molecule has 5 nitrogen and oxygen atoms in total. The van der Waals surface area contributed by atoms with Crippen LogP contribution in [0.2, 0.25) is 0 Å². The van der Waals surface area contributed by atoms with Crippen molar-refractivity contribution in [2.45, 2.75) is 52.5 Å². The number of imidazole rings is 1. The van der Waals surface area contributed by atoms with E-state index in [9.17, 15) is 4.79 Å². The molecule has 0 aliphatic rings. The van der Waals surface area contributed by atoms with Gasteiger partial charge in [-0.2, -0.15) is 0 Å². The average molecular weight is 470 g/mol. The summed E-state index contributed by atoms with van der Waals surface area (Å²) in [6, 6.07) is 24.5. The van der Waals surface area contributed by atoms with E-state index in [0.29, 0.717) is 19.6 Å². The quantitative estimate of drug-likeness (QED) is 0.267. The molecule has 0 spiro atoms. The summed E-state index contributed by atoms with van der Waals surface area (Å²) in [5.41, 5.74) is 5.59. The summed E-state index contributed by atoms with van der Waals surface area (Å²) >= 11 is 0. The molecular formula is C30H35N3O2. The van der Waals surface area contributed by atoms with Gasteiger partial charge in [0.15, 0.2) is 0 Å². The molecule has 4 rings (SSSR count). The van der Waals surface area contributed by atoms with Gasteiger partial charge in [0.25, 0.3) is 0 Å². The van der Waals surface area contributed by atoms with E-state index in [2.05, 4.69) is 60.1 Å². The molecule has 0 fully saturated rings. The van der Waals surface area contributed by atoms with Crippen molar-refractivity contribution in [3.05, 3.63) is 95.3 Å². The van der Waals surface area contributed by atoms with Gasteiger partial charge in [-0.1, -0.05) is 61.0 Å². The number of ether oxygens (including phenoxy) is 1. The molecule has 1 heterocycles. The van der Waals surface area contributed by atoms with Crippen molar-refractivity contribution in [3.8, 4) is 5.75 Å². The minimum absolute atomic E-state index is 0.0850. The summed E-state index contributed by atoms with van der Waals surface area (Å²) in [4.78, 5) is 17.0. The van der Waals surface area contributed by atoms with Gasteiger partial charge >= 0.3 is 0 Å². The number of aromatic nitrogens is 2. The summed E-state index contributed by atoms with van der Waals surface area (Å²) in [7, 11) is 0. The van der Waals surface area contributed by atoms with Crippen LogP contribution in [0, 0.1) is 13.8 Å². The Morgan fingerprint density at radius 2 is 1.74 bits per heavy atom. The Labute approximate surface area is 208 Å². The number of fused-ring (bicyclic) bond motifs is 1. The molecule has 1 aromatic heterocycles. The topological polar surface area (TPSA) is 56.1 Å². The molecule has 0 atom stereocenters. The molecule has 3 aromatic carbocycles. The van der Waals surface area contributed by atoms with Crippen molar-refractivity contribution in [3.63, 3.8) is 0 Å². The lowest BCUT2D eigenvalue weighted by Gasteiger charge is -2.13. The molecule has 0 saturated heterocycles. The van der Waals surface area contributed by atoms with Crippen molar-refractivity contribution in [1.82, 2.24) is 14.9 Å². The van der Waals surface area contributed by atoms with Gasteiger partial charge in [0, 0.05) is 13.0 Å². The van der Waals surface area contributed by atoms with Gasteiger partial charge < -0.3 is 14.6 Å². The zero-order valence-corrected chi connectivity index (χ0v) is 20.8. The number of carbonyl (C=O) groups excluding carboxylic acids is 1. The number of nitrogens with zero attached hydrogens (tertiary/aromatic N) is 2. The van der Waals surface area contributed by atoms with Crippen molar-refractivity contribution in [2.24, 2.45) is 0 Å². The van der Waals surface area contributed by atoms with Crippen molar-refractivity contribution >= 4 is 16.9 Å². The molecule has 4 aromatic rings. The van der Waals surface area contributed by atoms with E-state index in [0.717, 1.165) is 66.0 Å². The second-order valence-corrected chi connectivity index (χ2v) is 9.11. The van der Waals surface area contributed by atoms with Crippen LogP contribution >= 0.6 is 0 Å². The number of hydrogen-bond donors (Lipinski definition) is 1. The first-order valence-electron chi connectivity index (χ1n) is 12.5. The van der Waals surface area contributed by atoms with Crippen molar-refractivity contribution < 1.29 is 9.53 Å². The van der Waals surface area contributed by atoms with E-state index in [4.69, 9.17) is 9.72 Å². The fraction of sp³-hybridized carbons (Fsp3) is 0.333. The summed E-state index contributed by atoms with van der Waals surface area (Å²) in [6.45, 7) is 6.25. The minimum atomic E-state index is 0.0850. The van der Waals surface area contributed by atoms with Gasteiger partial charge in [0.1, 0.15) is 18.2 Å². The molecular weight excluding hydrogens is 434 g/mol. The third kappa shape index (κ3) is 6.95. The number of aryl methyl sites for hydroxylation is 3. The average Bonchev–Trinajstić information content (AvgIpc) is 3.21. The van der Waals surface area contributed by atoms with E-state index in [1.807, 2.05) is 36.4 Å². The first kappa shape index (κ1) is 24.5. The fourth-order valence-corrected chi connectivity index (χ4v) is 4.33. The maximum Gasteiger partial charge on any atom is 0.224 e. The highest BCUT2D eigenvalue weighted by Gasteiger charge is 2.11. The number of para-hydroxylation sites is 2. The highest BCUT2D eigenvalue weighted by atomic mass is 16.5. The van der Waals surface area contributed by atoms with Crippen LogP contribution in [0.4, 0.5) is 0 Å². The molecule has 0 unspecified atom stereocenters. The van der Waals surface area contributed by atoms with Gasteiger partial charge in [-0.05, 0) is 61.6 Å². The maximum absolute atomic E-state index is 12.1. The third-order valence-corrected chi connectivity index (χ3v) is 6.26. The number of unbranched alkanes of at least 4 members (excludes halogenated alkanes) is 2. The van der Waals surface area contributed by atoms with Gasteiger partial charge in [0.05, 0.1) is 24.0 Å². The lowest BCUT2D eigenvalue weighted by molar-refractivity contribution is -0.120. The minimum Gasteiger partial charge on any atom is -0.491 e. The summed E-state index contributed by atoms with van der Waals surface area (Å²) in [5, 5.41) is 3.04. The summed E-state index contributed by atoms with van der Waals surface area (Å²) in [5.74, 6) is 2.14. The Hall–Kier alpha value is -3.60. The van der Waals surface area contributed by atoms with Gasteiger partial charge in [-0.25, -0.2) is 4.98 Å². The standard InChI is InChI=1S/C30H35N3O2/c1-23-16-17-24(2)28(21-23)35-20-19-33-27-14-9-8-13-26(27)32-29(33)15-7-4-10-18-31-30(34)22-25-11-5-3-6-12-25/h3,5-6,8-9,11-14,16-17,21H,4,7,10,15,18-20,22H2,1-2H3,(H,31,34). The monoisotopic (exact) mass is 469 g/mol. The molecule has 1 N–H and O–H groups in total. The first-order valence-corrected chi connectivity index (χ1v) is 12.5. The Balaban J connectivity index is 1.26. The number of rotatable bonds is 12. The van der Waals surface area contributed by atoms with Crippen LogP contribution in [-0.2, 0) is 24.2 Å². The zero-order valence-electron chi connectivity index (χ0n) is 20.8. The second-order valence-electron chi connectivity index (χ2n) is 9.11. The molecule has 0 bridgehead atoms. The van der Waals surface area contributed by atoms with E-state index in [-0.39, 0.29) is 5.91 Å². The van der Waals surface area contributed by atoms with Crippen LogP contribution in [-0.4, -0.2) is 28.6 Å². The molecule has 5 heteroatoms. The molecule has 0 radical (unpaired) electrons. The van der Waals surface area contributed by atoms with E-state index in [1.54, 1.807) is 0 Å². The molecule has 182 valence electrons. The predicted octanol–water partition coefficient (Wildman–Crippen LogP) is 5.80. The SMILES string of the molecule is Cc1ccc(C)c(OCCn2c(CCCCCNC(=O)Cc3ccccc3)nc3ccccc32)c1. The zero-order chi connectivity index (χ0) is 24.5. The number of benzene rings is 3. The van der Waals surface area contributed by atoms with Crippen molar-refractivity contribution in [2.75, 3.05) is 13.2 Å². The molecule has 0 aliphatic heterocycles. The smallest absolute Gasteiger partial charge is 0.224 e. The Kier molecular flexibility index (Phi) is 8.55. The number of hydrogen-bond acceptors (Lipinski definition) is 3. The van der Waals surface area contributed by atoms with Crippen LogP contribution in [0.3, 0.4) is 0 Å². The Morgan fingerprint density at radius 3 is 2.60 bits per heavy atom.